The van der Waals surface area contributed by atoms with E-state index in [1.54, 1.807) is 11.1 Å². The molecule has 1 aromatic heterocycles. The van der Waals surface area contributed by atoms with E-state index in [0.29, 0.717) is 65.9 Å². The number of urea groups is 1. The summed E-state index contributed by atoms with van der Waals surface area (Å²) in [5.41, 5.74) is -0.498. The Labute approximate surface area is 306 Å². The summed E-state index contributed by atoms with van der Waals surface area (Å²) in [6, 6.07) is 14.9. The van der Waals surface area contributed by atoms with Gasteiger partial charge < -0.3 is 15.0 Å². The summed E-state index contributed by atoms with van der Waals surface area (Å²) in [4.78, 5) is 48.7. The van der Waals surface area contributed by atoms with Gasteiger partial charge >= 0.3 is 6.03 Å². The molecule has 2 aliphatic heterocycles. The lowest BCUT2D eigenvalue weighted by Crippen LogP contribution is -2.61. The summed E-state index contributed by atoms with van der Waals surface area (Å²) < 4.78 is 6.16. The topological polar surface area (TPSA) is 103 Å². The van der Waals surface area contributed by atoms with Crippen molar-refractivity contribution in [1.29, 1.82) is 0 Å². The maximum atomic E-state index is 15.2. The van der Waals surface area contributed by atoms with Crippen LogP contribution in [0.25, 0.3) is 0 Å². The minimum atomic E-state index is -1.06. The number of aromatic nitrogens is 2. The molecular formula is C38H49Cl2N7O3. The normalized spacial score (nSPS) is 21.6. The Morgan fingerprint density at radius 2 is 1.44 bits per heavy atom. The Morgan fingerprint density at radius 1 is 0.880 bits per heavy atom. The van der Waals surface area contributed by atoms with Crippen molar-refractivity contribution in [3.63, 3.8) is 0 Å². The predicted octanol–water partition coefficient (Wildman–Crippen LogP) is 7.02. The molecular weight excluding hydrogens is 673 g/mol. The molecule has 1 N–H and O–H groups in total. The molecule has 2 atom stereocenters. The molecule has 50 heavy (non-hydrogen) atoms. The van der Waals surface area contributed by atoms with Crippen LogP contribution in [-0.4, -0.2) is 87.3 Å². The second-order valence-electron chi connectivity index (χ2n) is 15.4. The van der Waals surface area contributed by atoms with Gasteiger partial charge in [0.1, 0.15) is 22.7 Å². The second-order valence-corrected chi connectivity index (χ2v) is 16.2. The van der Waals surface area contributed by atoms with Crippen LogP contribution in [0, 0.1) is 0 Å². The van der Waals surface area contributed by atoms with Crippen LogP contribution in [0.5, 0.6) is 5.88 Å². The van der Waals surface area contributed by atoms with Gasteiger partial charge in [0.25, 0.3) is 0 Å². The lowest BCUT2D eigenvalue weighted by Gasteiger charge is -2.47. The van der Waals surface area contributed by atoms with Gasteiger partial charge in [0.15, 0.2) is 0 Å². The van der Waals surface area contributed by atoms with Crippen molar-refractivity contribution in [2.75, 3.05) is 39.3 Å². The average molecular weight is 723 g/mol. The average Bonchev–Trinajstić information content (AvgIpc) is 3.28. The van der Waals surface area contributed by atoms with Crippen molar-refractivity contribution in [3.8, 4) is 5.88 Å². The molecule has 2 aromatic carbocycles. The van der Waals surface area contributed by atoms with Crippen LogP contribution in [0.1, 0.15) is 84.8 Å². The number of piperazine rings is 1. The van der Waals surface area contributed by atoms with E-state index >= 15 is 4.79 Å². The Morgan fingerprint density at radius 3 is 1.96 bits per heavy atom. The van der Waals surface area contributed by atoms with Gasteiger partial charge in [-0.05, 0) is 76.9 Å². The number of carbonyl (C=O) groups is 2. The molecule has 3 heterocycles. The fourth-order valence-corrected chi connectivity index (χ4v) is 6.85. The molecule has 12 heteroatoms. The van der Waals surface area contributed by atoms with Crippen LogP contribution < -0.4 is 10.1 Å². The van der Waals surface area contributed by atoms with Gasteiger partial charge in [0.05, 0.1) is 18.7 Å². The quantitative estimate of drug-likeness (QED) is 0.281. The molecule has 5 rings (SSSR count). The van der Waals surface area contributed by atoms with Gasteiger partial charge in [-0.1, -0.05) is 68.2 Å². The summed E-state index contributed by atoms with van der Waals surface area (Å²) in [7, 11) is 0. The standard InChI is InChI=1S/C38H49Cl2N7O3/c1-10-50-32-29(23-41-33(42-32)35(2,3)4)31-44-37(8,25-11-15-27(39)16-12-25)38(9,26-13-17-28(40)18-14-26)47(31)34(49)46-21-19-45(20-22-46)24-30(48)43-36(5,6)7/h11-18,23H,10,19-22,24H2,1-9H3,(H,43,48)/t37-,38+/m0/s1. The number of aliphatic imine (C=N–C) groups is 1. The van der Waals surface area contributed by atoms with E-state index in [9.17, 15) is 4.79 Å². The van der Waals surface area contributed by atoms with Crippen LogP contribution in [0.3, 0.4) is 0 Å². The Bertz CT molecular complexity index is 1740. The van der Waals surface area contributed by atoms with E-state index in [0.717, 1.165) is 11.1 Å². The molecule has 0 bridgehead atoms. The number of rotatable bonds is 7. The summed E-state index contributed by atoms with van der Waals surface area (Å²) in [5.74, 6) is 1.34. The monoisotopic (exact) mass is 721 g/mol. The molecule has 3 amide bonds. The first-order valence-electron chi connectivity index (χ1n) is 17.1. The molecule has 0 aliphatic carbocycles. The third-order valence-corrected chi connectivity index (χ3v) is 9.92. The number of amidine groups is 1. The number of nitrogens with one attached hydrogen (secondary N) is 1. The fraction of sp³-hybridized carbons (Fsp3) is 0.500. The van der Waals surface area contributed by atoms with E-state index in [4.69, 9.17) is 42.9 Å². The van der Waals surface area contributed by atoms with E-state index < -0.39 is 11.1 Å². The van der Waals surface area contributed by atoms with Crippen LogP contribution in [0.15, 0.2) is 59.7 Å². The van der Waals surface area contributed by atoms with E-state index in [-0.39, 0.29) is 29.4 Å². The number of hydrogen-bond donors (Lipinski definition) is 1. The second kappa shape index (κ2) is 14.1. The molecule has 268 valence electrons. The van der Waals surface area contributed by atoms with Gasteiger partial charge in [0.2, 0.25) is 11.8 Å². The van der Waals surface area contributed by atoms with E-state index in [1.807, 2.05) is 116 Å². The zero-order valence-electron chi connectivity index (χ0n) is 30.6. The molecule has 0 radical (unpaired) electrons. The summed E-state index contributed by atoms with van der Waals surface area (Å²) >= 11 is 12.8. The van der Waals surface area contributed by atoms with Gasteiger partial charge in [-0.3, -0.25) is 19.6 Å². The minimum absolute atomic E-state index is 0.0394. The van der Waals surface area contributed by atoms with E-state index in [1.165, 1.54) is 0 Å². The lowest BCUT2D eigenvalue weighted by molar-refractivity contribution is -0.124. The van der Waals surface area contributed by atoms with Gasteiger partial charge in [-0.2, -0.15) is 4.98 Å². The highest BCUT2D eigenvalue weighted by atomic mass is 35.5. The Hall–Kier alpha value is -3.73. The van der Waals surface area contributed by atoms with Crippen molar-refractivity contribution in [2.45, 2.75) is 84.3 Å². The number of amides is 3. The highest BCUT2D eigenvalue weighted by Crippen LogP contribution is 2.54. The maximum Gasteiger partial charge on any atom is 0.326 e. The van der Waals surface area contributed by atoms with E-state index in [2.05, 4.69) is 10.2 Å². The Kier molecular flexibility index (Phi) is 10.6. The smallest absolute Gasteiger partial charge is 0.326 e. The number of ether oxygens (including phenoxy) is 1. The SMILES string of the molecule is CCOc1nc(C(C)(C)C)ncc1C1=N[C@@](C)(c2ccc(Cl)cc2)[C@@](C)(c2ccc(Cl)cc2)N1C(=O)N1CCN(CC(=O)NC(C)(C)C)CC1. The minimum Gasteiger partial charge on any atom is -0.477 e. The van der Waals surface area contributed by atoms with Gasteiger partial charge in [-0.15, -0.1) is 0 Å². The van der Waals surface area contributed by atoms with Crippen molar-refractivity contribution < 1.29 is 14.3 Å². The number of halogens is 2. The number of carbonyl (C=O) groups excluding carboxylic acids is 2. The van der Waals surface area contributed by atoms with Crippen molar-refractivity contribution in [3.05, 3.63) is 87.3 Å². The van der Waals surface area contributed by atoms with Crippen LogP contribution in [0.2, 0.25) is 10.0 Å². The van der Waals surface area contributed by atoms with Gasteiger partial charge in [0, 0.05) is 53.4 Å². The summed E-state index contributed by atoms with van der Waals surface area (Å²) in [6.07, 6.45) is 1.72. The molecule has 3 aromatic rings. The molecule has 1 fully saturated rings. The molecule has 0 spiro atoms. The fourth-order valence-electron chi connectivity index (χ4n) is 6.59. The lowest BCUT2D eigenvalue weighted by atomic mass is 9.71. The molecule has 2 aliphatic rings. The highest BCUT2D eigenvalue weighted by molar-refractivity contribution is 6.30. The largest absolute Gasteiger partial charge is 0.477 e. The first kappa shape index (κ1) is 37.5. The molecule has 0 saturated carbocycles. The first-order chi connectivity index (χ1) is 23.4. The molecule has 10 nitrogen and oxygen atoms in total. The van der Waals surface area contributed by atoms with Crippen molar-refractivity contribution in [2.24, 2.45) is 4.99 Å². The molecule has 1 saturated heterocycles. The predicted molar refractivity (Wildman–Crippen MR) is 199 cm³/mol. The van der Waals surface area contributed by atoms with Gasteiger partial charge in [-0.25, -0.2) is 9.78 Å². The summed E-state index contributed by atoms with van der Waals surface area (Å²) in [6.45, 7) is 20.6. The Balaban J connectivity index is 1.64. The third kappa shape index (κ3) is 7.48. The van der Waals surface area contributed by atoms with Crippen LogP contribution in [0.4, 0.5) is 4.79 Å². The summed E-state index contributed by atoms with van der Waals surface area (Å²) in [5, 5.41) is 4.21. The maximum absolute atomic E-state index is 15.2. The first-order valence-corrected chi connectivity index (χ1v) is 17.9. The van der Waals surface area contributed by atoms with Crippen LogP contribution >= 0.6 is 23.2 Å². The highest BCUT2D eigenvalue weighted by Gasteiger charge is 2.60. The number of hydrogen-bond acceptors (Lipinski definition) is 7. The van der Waals surface area contributed by atoms with Crippen molar-refractivity contribution >= 4 is 41.0 Å². The third-order valence-electron chi connectivity index (χ3n) is 9.41. The molecule has 0 unspecified atom stereocenters. The van der Waals surface area contributed by atoms with Crippen LogP contribution in [-0.2, 0) is 21.3 Å². The number of benzene rings is 2. The number of nitrogens with zero attached hydrogens (tertiary/aromatic N) is 6. The zero-order chi connectivity index (χ0) is 36.6. The van der Waals surface area contributed by atoms with Crippen molar-refractivity contribution in [1.82, 2.24) is 30.0 Å². The zero-order valence-corrected chi connectivity index (χ0v) is 32.1.